The van der Waals surface area contributed by atoms with Crippen molar-refractivity contribution in [2.24, 2.45) is 0 Å². The lowest BCUT2D eigenvalue weighted by Crippen LogP contribution is -2.25. The molecule has 2 nitrogen and oxygen atoms in total. The van der Waals surface area contributed by atoms with Gasteiger partial charge in [0.25, 0.3) is 0 Å². The molecular weight excluding hydrogens is 546 g/mol. The molecule has 0 fully saturated rings. The Labute approximate surface area is 261 Å². The minimum absolute atomic E-state index is 0.343. The van der Waals surface area contributed by atoms with E-state index in [9.17, 15) is 0 Å². The molecule has 0 aliphatic heterocycles. The molecule has 0 saturated heterocycles. The van der Waals surface area contributed by atoms with E-state index in [1.807, 2.05) is 12.1 Å². The van der Waals surface area contributed by atoms with Crippen LogP contribution in [0, 0.1) is 0 Å². The molecule has 10 rings (SSSR count). The van der Waals surface area contributed by atoms with Gasteiger partial charge in [0.05, 0.1) is 5.41 Å². The van der Waals surface area contributed by atoms with Crippen molar-refractivity contribution in [3.05, 3.63) is 186 Å². The second-order valence-electron chi connectivity index (χ2n) is 12.1. The van der Waals surface area contributed by atoms with E-state index in [2.05, 4.69) is 157 Å². The lowest BCUT2D eigenvalue weighted by Gasteiger charge is -2.31. The van der Waals surface area contributed by atoms with Gasteiger partial charge >= 0.3 is 0 Å². The van der Waals surface area contributed by atoms with Gasteiger partial charge < -0.3 is 9.32 Å². The summed E-state index contributed by atoms with van der Waals surface area (Å²) in [6, 6.07) is 59.5. The van der Waals surface area contributed by atoms with Crippen LogP contribution >= 0.6 is 0 Å². The molecule has 2 aliphatic rings. The Hall–Kier alpha value is -5.86. The third kappa shape index (κ3) is 3.23. The van der Waals surface area contributed by atoms with Gasteiger partial charge in [-0.05, 0) is 93.0 Å². The highest BCUT2D eigenvalue weighted by atomic mass is 16.3. The van der Waals surface area contributed by atoms with Crippen LogP contribution in [-0.2, 0) is 5.41 Å². The first kappa shape index (κ1) is 24.6. The molecular formula is C43H27NO. The number of furan rings is 1. The van der Waals surface area contributed by atoms with Crippen molar-refractivity contribution >= 4 is 39.0 Å². The molecule has 2 aliphatic carbocycles. The average molecular weight is 574 g/mol. The number of nitrogens with zero attached hydrogens (tertiary/aromatic N) is 1. The summed E-state index contributed by atoms with van der Waals surface area (Å²) in [6.45, 7) is 0. The van der Waals surface area contributed by atoms with Crippen LogP contribution in [-0.4, -0.2) is 0 Å². The quantitative estimate of drug-likeness (QED) is 0.209. The van der Waals surface area contributed by atoms with Crippen molar-refractivity contribution < 1.29 is 4.42 Å². The predicted octanol–water partition coefficient (Wildman–Crippen LogP) is 11.4. The molecule has 0 saturated carbocycles. The van der Waals surface area contributed by atoms with E-state index in [4.69, 9.17) is 4.42 Å². The van der Waals surface area contributed by atoms with Crippen molar-refractivity contribution in [2.45, 2.75) is 5.41 Å². The number of hydrogen-bond donors (Lipinski definition) is 0. The molecule has 45 heavy (non-hydrogen) atoms. The van der Waals surface area contributed by atoms with Gasteiger partial charge in [-0.3, -0.25) is 0 Å². The zero-order valence-corrected chi connectivity index (χ0v) is 24.4. The molecule has 0 N–H and O–H groups in total. The molecule has 0 atom stereocenters. The fraction of sp³-hybridized carbons (Fsp3) is 0.0233. The summed E-state index contributed by atoms with van der Waals surface area (Å²) in [5.41, 5.74) is 15.4. The average Bonchev–Trinajstić information content (AvgIpc) is 3.73. The van der Waals surface area contributed by atoms with Crippen LogP contribution in [0.3, 0.4) is 0 Å². The summed E-state index contributed by atoms with van der Waals surface area (Å²) < 4.78 is 6.19. The Morgan fingerprint density at radius 1 is 0.356 bits per heavy atom. The summed E-state index contributed by atoms with van der Waals surface area (Å²) in [5.74, 6) is 0. The van der Waals surface area contributed by atoms with E-state index in [1.54, 1.807) is 0 Å². The highest BCUT2D eigenvalue weighted by Crippen LogP contribution is 2.63. The van der Waals surface area contributed by atoms with Gasteiger partial charge in [-0.25, -0.2) is 0 Å². The third-order valence-electron chi connectivity index (χ3n) is 9.87. The van der Waals surface area contributed by atoms with Gasteiger partial charge in [-0.1, -0.05) is 115 Å². The van der Waals surface area contributed by atoms with Gasteiger partial charge in [0, 0.05) is 27.8 Å². The highest BCUT2D eigenvalue weighted by Gasteiger charge is 2.51. The number of rotatable bonds is 3. The first-order valence-corrected chi connectivity index (χ1v) is 15.5. The number of fused-ring (bicyclic) bond motifs is 13. The lowest BCUT2D eigenvalue weighted by atomic mass is 9.70. The van der Waals surface area contributed by atoms with Crippen LogP contribution in [0.4, 0.5) is 17.1 Å². The highest BCUT2D eigenvalue weighted by molar-refractivity contribution is 6.06. The SMILES string of the molecule is c1ccc(N(c2ccc3c(c2)-c2ccccc2C32c3ccccc3-c3ccccc32)c2ccc3oc4ccccc4c3c2)cc1. The van der Waals surface area contributed by atoms with E-state index in [-0.39, 0.29) is 5.41 Å². The Morgan fingerprint density at radius 3 is 1.58 bits per heavy atom. The van der Waals surface area contributed by atoms with Crippen LogP contribution in [0.1, 0.15) is 22.3 Å². The maximum absolute atomic E-state index is 6.19. The van der Waals surface area contributed by atoms with Crippen LogP contribution in [0.25, 0.3) is 44.2 Å². The molecule has 1 spiro atoms. The van der Waals surface area contributed by atoms with Crippen LogP contribution in [0.15, 0.2) is 168 Å². The van der Waals surface area contributed by atoms with Crippen molar-refractivity contribution in [1.82, 2.24) is 0 Å². The van der Waals surface area contributed by atoms with Gasteiger partial charge in [0.15, 0.2) is 0 Å². The molecule has 0 unspecified atom stereocenters. The zero-order valence-electron chi connectivity index (χ0n) is 24.4. The molecule has 8 aromatic rings. The largest absolute Gasteiger partial charge is 0.456 e. The summed E-state index contributed by atoms with van der Waals surface area (Å²) in [5, 5.41) is 2.25. The van der Waals surface area contributed by atoms with Crippen LogP contribution < -0.4 is 4.90 Å². The van der Waals surface area contributed by atoms with Gasteiger partial charge in [0.2, 0.25) is 0 Å². The van der Waals surface area contributed by atoms with Crippen molar-refractivity contribution in [2.75, 3.05) is 4.90 Å². The summed E-state index contributed by atoms with van der Waals surface area (Å²) >= 11 is 0. The molecule has 0 bridgehead atoms. The van der Waals surface area contributed by atoms with Crippen molar-refractivity contribution in [3.8, 4) is 22.3 Å². The maximum atomic E-state index is 6.19. The zero-order chi connectivity index (χ0) is 29.5. The molecule has 0 amide bonds. The fourth-order valence-electron chi connectivity index (χ4n) is 8.10. The second-order valence-corrected chi connectivity index (χ2v) is 12.1. The monoisotopic (exact) mass is 573 g/mol. The smallest absolute Gasteiger partial charge is 0.135 e. The molecule has 1 aromatic heterocycles. The standard InChI is InChI=1S/C43H27NO/c1-2-12-28(13-3-1)44(30-23-25-42-36(27-30)34-17-7-11-21-41(34)45-42)29-22-24-40-35(26-29)33-16-6-10-20-39(33)43(40)37-18-8-4-14-31(37)32-15-5-9-19-38(32)43/h1-27H. The van der Waals surface area contributed by atoms with E-state index < -0.39 is 0 Å². The normalized spacial score (nSPS) is 13.5. The van der Waals surface area contributed by atoms with E-state index in [1.165, 1.54) is 44.5 Å². The summed E-state index contributed by atoms with van der Waals surface area (Å²) in [7, 11) is 0. The summed E-state index contributed by atoms with van der Waals surface area (Å²) in [6.07, 6.45) is 0. The number of benzene rings is 7. The van der Waals surface area contributed by atoms with Gasteiger partial charge in [0.1, 0.15) is 11.2 Å². The van der Waals surface area contributed by atoms with E-state index in [0.29, 0.717) is 0 Å². The molecule has 7 aromatic carbocycles. The van der Waals surface area contributed by atoms with Gasteiger partial charge in [-0.15, -0.1) is 0 Å². The first-order chi connectivity index (χ1) is 22.3. The second kappa shape index (κ2) is 9.07. The number of hydrogen-bond acceptors (Lipinski definition) is 2. The molecule has 1 heterocycles. The topological polar surface area (TPSA) is 16.4 Å². The Balaban J connectivity index is 1.23. The van der Waals surface area contributed by atoms with E-state index in [0.717, 1.165) is 39.0 Å². The minimum atomic E-state index is -0.343. The molecule has 210 valence electrons. The lowest BCUT2D eigenvalue weighted by molar-refractivity contribution is 0.669. The van der Waals surface area contributed by atoms with Gasteiger partial charge in [-0.2, -0.15) is 0 Å². The maximum Gasteiger partial charge on any atom is 0.135 e. The fourth-order valence-corrected chi connectivity index (χ4v) is 8.10. The molecule has 0 radical (unpaired) electrons. The first-order valence-electron chi connectivity index (χ1n) is 15.5. The Morgan fingerprint density at radius 2 is 0.867 bits per heavy atom. The summed E-state index contributed by atoms with van der Waals surface area (Å²) in [4.78, 5) is 2.37. The van der Waals surface area contributed by atoms with Crippen molar-refractivity contribution in [1.29, 1.82) is 0 Å². The number of para-hydroxylation sites is 2. The Kier molecular flexibility index (Phi) is 4.95. The molecule has 2 heteroatoms. The minimum Gasteiger partial charge on any atom is -0.456 e. The third-order valence-corrected chi connectivity index (χ3v) is 9.87. The van der Waals surface area contributed by atoms with E-state index >= 15 is 0 Å². The predicted molar refractivity (Wildman–Crippen MR) is 185 cm³/mol. The van der Waals surface area contributed by atoms with Crippen LogP contribution in [0.5, 0.6) is 0 Å². The van der Waals surface area contributed by atoms with Crippen molar-refractivity contribution in [3.63, 3.8) is 0 Å². The number of anilines is 3. The van der Waals surface area contributed by atoms with Crippen LogP contribution in [0.2, 0.25) is 0 Å². The Bertz CT molecular complexity index is 2410.